The highest BCUT2D eigenvalue weighted by atomic mass is 79.9. The molecule has 1 aromatic heterocycles. The van der Waals surface area contributed by atoms with Gasteiger partial charge in [0.2, 0.25) is 0 Å². The number of aromatic nitrogens is 2. The average Bonchev–Trinajstić information content (AvgIpc) is 2.57. The van der Waals surface area contributed by atoms with Crippen LogP contribution in [0, 0.1) is 11.3 Å². The summed E-state index contributed by atoms with van der Waals surface area (Å²) in [6.07, 6.45) is 0. The van der Waals surface area contributed by atoms with Crippen molar-refractivity contribution in [3.8, 4) is 17.5 Å². The number of imidazole rings is 1. The molecule has 0 bridgehead atoms. The molecule has 0 radical (unpaired) electrons. The molecule has 16 heavy (non-hydrogen) atoms. The first-order valence-electron chi connectivity index (χ1n) is 4.52. The van der Waals surface area contributed by atoms with E-state index in [1.165, 1.54) is 0 Å². The molecule has 2 aromatic rings. The largest absolute Gasteiger partial charge is 0.317 e. The van der Waals surface area contributed by atoms with E-state index in [-0.39, 0.29) is 5.69 Å². The molecule has 0 saturated heterocycles. The number of halogens is 2. The van der Waals surface area contributed by atoms with Crippen molar-refractivity contribution in [1.82, 2.24) is 9.55 Å². The van der Waals surface area contributed by atoms with Gasteiger partial charge in [0.1, 0.15) is 17.0 Å². The third-order valence-corrected chi connectivity index (χ3v) is 3.37. The van der Waals surface area contributed by atoms with Crippen molar-refractivity contribution in [1.29, 1.82) is 5.26 Å². The van der Waals surface area contributed by atoms with Gasteiger partial charge in [-0.1, -0.05) is 45.7 Å². The van der Waals surface area contributed by atoms with E-state index in [1.54, 1.807) is 11.6 Å². The maximum atomic E-state index is 8.85. The first kappa shape index (κ1) is 11.2. The Balaban J connectivity index is 2.67. The predicted octanol–water partition coefficient (Wildman–Crippen LogP) is 3.37. The van der Waals surface area contributed by atoms with Gasteiger partial charge in [-0.25, -0.2) is 4.98 Å². The first-order valence-corrected chi connectivity index (χ1v) is 5.69. The van der Waals surface area contributed by atoms with Crippen LogP contribution in [-0.4, -0.2) is 9.55 Å². The lowest BCUT2D eigenvalue weighted by Gasteiger charge is -2.04. The molecule has 0 aliphatic heterocycles. The molecule has 0 atom stereocenters. The minimum Gasteiger partial charge on any atom is -0.317 e. The minimum atomic E-state index is 0.245. The van der Waals surface area contributed by atoms with Crippen molar-refractivity contribution < 1.29 is 0 Å². The Morgan fingerprint density at radius 2 is 2.12 bits per heavy atom. The van der Waals surface area contributed by atoms with Crippen LogP contribution in [0.1, 0.15) is 5.69 Å². The summed E-state index contributed by atoms with van der Waals surface area (Å²) < 4.78 is 2.62. The second-order valence-electron chi connectivity index (χ2n) is 3.23. The lowest BCUT2D eigenvalue weighted by molar-refractivity contribution is 0.924. The summed E-state index contributed by atoms with van der Waals surface area (Å²) in [6, 6.07) is 9.64. The Morgan fingerprint density at radius 3 is 2.69 bits per heavy atom. The van der Waals surface area contributed by atoms with E-state index < -0.39 is 0 Å². The van der Waals surface area contributed by atoms with E-state index in [1.807, 2.05) is 30.3 Å². The van der Waals surface area contributed by atoms with Crippen LogP contribution in [0.15, 0.2) is 28.7 Å². The summed E-state index contributed by atoms with van der Waals surface area (Å²) in [5, 5.41) is 9.21. The molecule has 0 N–H and O–H groups in total. The summed E-state index contributed by atoms with van der Waals surface area (Å²) in [5.74, 6) is 0.675. The Bertz CT molecular complexity index is 583. The summed E-state index contributed by atoms with van der Waals surface area (Å²) in [4.78, 5) is 4.20. The van der Waals surface area contributed by atoms with Gasteiger partial charge >= 0.3 is 0 Å². The van der Waals surface area contributed by atoms with Crippen molar-refractivity contribution in [3.63, 3.8) is 0 Å². The van der Waals surface area contributed by atoms with Crippen LogP contribution in [0.25, 0.3) is 11.4 Å². The number of nitriles is 1. The first-order chi connectivity index (χ1) is 7.65. The third kappa shape index (κ3) is 1.73. The molecule has 1 heterocycles. The van der Waals surface area contributed by atoms with Crippen molar-refractivity contribution >= 4 is 27.5 Å². The van der Waals surface area contributed by atoms with Gasteiger partial charge < -0.3 is 4.57 Å². The van der Waals surface area contributed by atoms with E-state index in [2.05, 4.69) is 20.9 Å². The highest BCUT2D eigenvalue weighted by Gasteiger charge is 2.15. The molecule has 2 rings (SSSR count). The van der Waals surface area contributed by atoms with Crippen LogP contribution in [0.4, 0.5) is 0 Å². The standard InChI is InChI=1S/C11H7BrClN3/c1-16-10(13)9(6-14)15-11(16)7-4-2-3-5-8(7)12/h2-5H,1H3. The molecule has 0 unspecified atom stereocenters. The predicted molar refractivity (Wildman–Crippen MR) is 66.1 cm³/mol. The van der Waals surface area contributed by atoms with Gasteiger partial charge in [0.15, 0.2) is 5.69 Å². The fourth-order valence-electron chi connectivity index (χ4n) is 1.43. The monoisotopic (exact) mass is 295 g/mol. The molecule has 80 valence electrons. The molecular formula is C11H7BrClN3. The van der Waals surface area contributed by atoms with E-state index in [9.17, 15) is 0 Å². The molecule has 5 heteroatoms. The van der Waals surface area contributed by atoms with Crippen molar-refractivity contribution in [2.75, 3.05) is 0 Å². The van der Waals surface area contributed by atoms with Crippen LogP contribution in [0.5, 0.6) is 0 Å². The normalized spacial score (nSPS) is 10.1. The quantitative estimate of drug-likeness (QED) is 0.809. The smallest absolute Gasteiger partial charge is 0.178 e. The average molecular weight is 297 g/mol. The van der Waals surface area contributed by atoms with Gasteiger partial charge in [0.05, 0.1) is 0 Å². The number of benzene rings is 1. The molecule has 0 saturated carbocycles. The van der Waals surface area contributed by atoms with Crippen LogP contribution in [-0.2, 0) is 7.05 Å². The molecule has 0 amide bonds. The van der Waals surface area contributed by atoms with E-state index in [0.717, 1.165) is 10.0 Å². The maximum absolute atomic E-state index is 8.85. The fourth-order valence-corrected chi connectivity index (χ4v) is 2.06. The Kier molecular flexibility index (Phi) is 2.99. The number of rotatable bonds is 1. The zero-order chi connectivity index (χ0) is 11.7. The summed E-state index contributed by atoms with van der Waals surface area (Å²) in [5.41, 5.74) is 1.16. The van der Waals surface area contributed by atoms with Crippen LogP contribution in [0.2, 0.25) is 5.15 Å². The number of hydrogen-bond acceptors (Lipinski definition) is 2. The second-order valence-corrected chi connectivity index (χ2v) is 4.44. The minimum absolute atomic E-state index is 0.245. The zero-order valence-corrected chi connectivity index (χ0v) is 10.7. The van der Waals surface area contributed by atoms with E-state index in [4.69, 9.17) is 16.9 Å². The molecular weight excluding hydrogens is 289 g/mol. The van der Waals surface area contributed by atoms with Crippen LogP contribution in [0.3, 0.4) is 0 Å². The highest BCUT2D eigenvalue weighted by molar-refractivity contribution is 9.10. The Morgan fingerprint density at radius 1 is 1.44 bits per heavy atom. The maximum Gasteiger partial charge on any atom is 0.178 e. The second kappa shape index (κ2) is 4.28. The molecule has 0 aliphatic carbocycles. The Hall–Kier alpha value is -1.31. The summed E-state index contributed by atoms with van der Waals surface area (Å²) in [7, 11) is 1.78. The molecule has 0 spiro atoms. The molecule has 0 fully saturated rings. The Labute approximate surface area is 106 Å². The third-order valence-electron chi connectivity index (χ3n) is 2.25. The zero-order valence-electron chi connectivity index (χ0n) is 8.41. The molecule has 0 aliphatic rings. The van der Waals surface area contributed by atoms with Crippen LogP contribution >= 0.6 is 27.5 Å². The molecule has 3 nitrogen and oxygen atoms in total. The SMILES string of the molecule is Cn1c(-c2ccccc2Br)nc(C#N)c1Cl. The fraction of sp³-hybridized carbons (Fsp3) is 0.0909. The van der Waals surface area contributed by atoms with Crippen molar-refractivity contribution in [3.05, 3.63) is 39.6 Å². The topological polar surface area (TPSA) is 41.6 Å². The van der Waals surface area contributed by atoms with Crippen LogP contribution < -0.4 is 0 Å². The van der Waals surface area contributed by atoms with Gasteiger partial charge in [-0.2, -0.15) is 5.26 Å². The van der Waals surface area contributed by atoms with Gasteiger partial charge in [0, 0.05) is 17.1 Å². The summed E-state index contributed by atoms with van der Waals surface area (Å²) in [6.45, 7) is 0. The lowest BCUT2D eigenvalue weighted by atomic mass is 10.2. The van der Waals surface area contributed by atoms with Crippen molar-refractivity contribution in [2.24, 2.45) is 7.05 Å². The summed E-state index contributed by atoms with van der Waals surface area (Å²) >= 11 is 9.42. The molecule has 1 aromatic carbocycles. The van der Waals surface area contributed by atoms with Gasteiger partial charge in [-0.15, -0.1) is 0 Å². The van der Waals surface area contributed by atoms with Gasteiger partial charge in [0.25, 0.3) is 0 Å². The van der Waals surface area contributed by atoms with Gasteiger partial charge in [-0.05, 0) is 6.07 Å². The number of hydrogen-bond donors (Lipinski definition) is 0. The van der Waals surface area contributed by atoms with E-state index in [0.29, 0.717) is 11.0 Å². The van der Waals surface area contributed by atoms with Gasteiger partial charge in [-0.3, -0.25) is 0 Å². The van der Waals surface area contributed by atoms with Crippen molar-refractivity contribution in [2.45, 2.75) is 0 Å². The highest BCUT2D eigenvalue weighted by Crippen LogP contribution is 2.29. The lowest BCUT2D eigenvalue weighted by Crippen LogP contribution is -1.93. The van der Waals surface area contributed by atoms with E-state index >= 15 is 0 Å². The number of nitrogens with zero attached hydrogens (tertiary/aromatic N) is 3.